The maximum atomic E-state index is 12.5. The van der Waals surface area contributed by atoms with Crippen molar-refractivity contribution in [2.45, 2.75) is 31.9 Å². The number of carbonyl (C=O) groups excluding carboxylic acids is 1. The van der Waals surface area contributed by atoms with Crippen LogP contribution in [0.5, 0.6) is 0 Å². The lowest BCUT2D eigenvalue weighted by Gasteiger charge is -2.09. The van der Waals surface area contributed by atoms with E-state index in [0.29, 0.717) is 30.6 Å². The molecule has 23 heavy (non-hydrogen) atoms. The van der Waals surface area contributed by atoms with E-state index in [9.17, 15) is 14.4 Å². The molecule has 0 radical (unpaired) electrons. The van der Waals surface area contributed by atoms with Crippen molar-refractivity contribution >= 4 is 17.3 Å². The quantitative estimate of drug-likeness (QED) is 0.574. The van der Waals surface area contributed by atoms with Gasteiger partial charge in [0.15, 0.2) is 11.2 Å². The number of hydrogen-bond acceptors (Lipinski definition) is 6. The molecule has 3 rings (SSSR count). The van der Waals surface area contributed by atoms with Gasteiger partial charge in [-0.05, 0) is 19.3 Å². The molecule has 0 spiro atoms. The SMILES string of the molecule is Cn1cnc2c1c(=O)n(CCCCC1COC(=O)O1)c(=O)n2C. The highest BCUT2D eigenvalue weighted by Crippen LogP contribution is 2.13. The third kappa shape index (κ3) is 2.73. The number of cyclic esters (lactones) is 2. The third-order valence-corrected chi connectivity index (χ3v) is 4.01. The van der Waals surface area contributed by atoms with Gasteiger partial charge in [0.1, 0.15) is 12.7 Å². The van der Waals surface area contributed by atoms with Gasteiger partial charge < -0.3 is 14.0 Å². The highest BCUT2D eigenvalue weighted by Gasteiger charge is 2.24. The molecule has 2 aromatic heterocycles. The minimum atomic E-state index is -0.637. The number of aromatic nitrogens is 4. The molecule has 0 amide bonds. The molecular formula is C14H18N4O5. The lowest BCUT2D eigenvalue weighted by molar-refractivity contribution is 0.115. The molecule has 1 atom stereocenters. The molecule has 2 aromatic rings. The van der Waals surface area contributed by atoms with Crippen LogP contribution < -0.4 is 11.2 Å². The summed E-state index contributed by atoms with van der Waals surface area (Å²) >= 11 is 0. The lowest BCUT2D eigenvalue weighted by Crippen LogP contribution is -2.39. The monoisotopic (exact) mass is 322 g/mol. The van der Waals surface area contributed by atoms with Crippen LogP contribution in [0.15, 0.2) is 15.9 Å². The zero-order valence-corrected chi connectivity index (χ0v) is 13.0. The Morgan fingerprint density at radius 2 is 2.04 bits per heavy atom. The summed E-state index contributed by atoms with van der Waals surface area (Å²) in [7, 11) is 3.32. The first-order chi connectivity index (χ1) is 11.0. The number of imidazole rings is 1. The highest BCUT2D eigenvalue weighted by molar-refractivity contribution is 5.69. The Kier molecular flexibility index (Phi) is 3.93. The molecule has 1 aliphatic heterocycles. The Bertz CT molecular complexity index is 862. The molecule has 9 heteroatoms. The largest absolute Gasteiger partial charge is 0.508 e. The molecule has 0 saturated carbocycles. The van der Waals surface area contributed by atoms with E-state index in [1.807, 2.05) is 0 Å². The van der Waals surface area contributed by atoms with Gasteiger partial charge in [-0.1, -0.05) is 0 Å². The fraction of sp³-hybridized carbons (Fsp3) is 0.571. The molecule has 3 heterocycles. The minimum absolute atomic E-state index is 0.235. The summed E-state index contributed by atoms with van der Waals surface area (Å²) in [5.74, 6) is 0. The summed E-state index contributed by atoms with van der Waals surface area (Å²) < 4.78 is 13.9. The van der Waals surface area contributed by atoms with Gasteiger partial charge in [0, 0.05) is 20.6 Å². The second-order valence-electron chi connectivity index (χ2n) is 5.62. The van der Waals surface area contributed by atoms with Gasteiger partial charge in [0.2, 0.25) is 0 Å². The van der Waals surface area contributed by atoms with Crippen molar-refractivity contribution < 1.29 is 14.3 Å². The summed E-state index contributed by atoms with van der Waals surface area (Å²) in [5, 5.41) is 0. The van der Waals surface area contributed by atoms with Crippen LogP contribution in [0.25, 0.3) is 11.2 Å². The molecule has 1 saturated heterocycles. The fourth-order valence-electron chi connectivity index (χ4n) is 2.74. The van der Waals surface area contributed by atoms with Crippen LogP contribution in [-0.4, -0.2) is 37.6 Å². The van der Waals surface area contributed by atoms with Crippen molar-refractivity contribution in [1.82, 2.24) is 18.7 Å². The number of unbranched alkanes of at least 4 members (excludes halogenated alkanes) is 1. The summed E-state index contributed by atoms with van der Waals surface area (Å²) in [6.07, 6.45) is 2.65. The van der Waals surface area contributed by atoms with Crippen LogP contribution in [0.1, 0.15) is 19.3 Å². The molecule has 124 valence electrons. The number of fused-ring (bicyclic) bond motifs is 1. The molecular weight excluding hydrogens is 304 g/mol. The average Bonchev–Trinajstić information content (AvgIpc) is 3.10. The first-order valence-corrected chi connectivity index (χ1v) is 7.43. The number of ether oxygens (including phenoxy) is 2. The zero-order chi connectivity index (χ0) is 16.6. The summed E-state index contributed by atoms with van der Waals surface area (Å²) in [6, 6.07) is 0. The first-order valence-electron chi connectivity index (χ1n) is 7.43. The molecule has 0 aliphatic carbocycles. The van der Waals surface area contributed by atoms with Crippen molar-refractivity contribution in [2.75, 3.05) is 6.61 Å². The van der Waals surface area contributed by atoms with Gasteiger partial charge in [-0.2, -0.15) is 0 Å². The predicted molar refractivity (Wildman–Crippen MR) is 80.3 cm³/mol. The van der Waals surface area contributed by atoms with Crippen LogP contribution in [0.4, 0.5) is 4.79 Å². The fourth-order valence-corrected chi connectivity index (χ4v) is 2.74. The normalized spacial score (nSPS) is 17.5. The number of nitrogens with zero attached hydrogens (tertiary/aromatic N) is 4. The Labute approximate surface area is 131 Å². The van der Waals surface area contributed by atoms with Crippen LogP contribution in [0.2, 0.25) is 0 Å². The molecule has 0 aromatic carbocycles. The molecule has 1 aliphatic rings. The Balaban J connectivity index is 1.73. The zero-order valence-electron chi connectivity index (χ0n) is 13.0. The van der Waals surface area contributed by atoms with Gasteiger partial charge in [0.05, 0.1) is 6.33 Å². The van der Waals surface area contributed by atoms with Crippen LogP contribution >= 0.6 is 0 Å². The van der Waals surface area contributed by atoms with E-state index >= 15 is 0 Å². The second kappa shape index (κ2) is 5.90. The maximum absolute atomic E-state index is 12.5. The topological polar surface area (TPSA) is 97.4 Å². The van der Waals surface area contributed by atoms with Crippen molar-refractivity contribution in [2.24, 2.45) is 14.1 Å². The van der Waals surface area contributed by atoms with Crippen LogP contribution in [0, 0.1) is 0 Å². The Morgan fingerprint density at radius 3 is 2.74 bits per heavy atom. The summed E-state index contributed by atoms with van der Waals surface area (Å²) in [6.45, 7) is 0.579. The van der Waals surface area contributed by atoms with E-state index in [0.717, 1.165) is 6.42 Å². The van der Waals surface area contributed by atoms with Crippen molar-refractivity contribution in [3.8, 4) is 0 Å². The number of carbonyl (C=O) groups is 1. The van der Waals surface area contributed by atoms with E-state index in [1.165, 1.54) is 15.5 Å². The number of hydrogen-bond donors (Lipinski definition) is 0. The lowest BCUT2D eigenvalue weighted by atomic mass is 10.1. The highest BCUT2D eigenvalue weighted by atomic mass is 16.8. The van der Waals surface area contributed by atoms with Gasteiger partial charge in [-0.25, -0.2) is 14.6 Å². The molecule has 9 nitrogen and oxygen atoms in total. The molecule has 0 N–H and O–H groups in total. The van der Waals surface area contributed by atoms with Crippen molar-refractivity contribution in [1.29, 1.82) is 0 Å². The summed E-state index contributed by atoms with van der Waals surface area (Å²) in [5.41, 5.74) is 0.0783. The molecule has 1 unspecified atom stereocenters. The van der Waals surface area contributed by atoms with Crippen LogP contribution in [0.3, 0.4) is 0 Å². The predicted octanol–water partition coefficient (Wildman–Crippen LogP) is 0.139. The van der Waals surface area contributed by atoms with Crippen molar-refractivity contribution in [3.05, 3.63) is 27.2 Å². The van der Waals surface area contributed by atoms with E-state index in [-0.39, 0.29) is 24.0 Å². The van der Waals surface area contributed by atoms with E-state index in [2.05, 4.69) is 4.98 Å². The van der Waals surface area contributed by atoms with E-state index in [1.54, 1.807) is 18.7 Å². The standard InChI is InChI=1S/C14H18N4O5/c1-16-8-15-11-10(16)12(19)18(13(20)17(11)2)6-4-3-5-9-7-22-14(21)23-9/h8-9H,3-7H2,1-2H3. The molecule has 0 bridgehead atoms. The summed E-state index contributed by atoms with van der Waals surface area (Å²) in [4.78, 5) is 39.7. The number of aryl methyl sites for hydroxylation is 2. The Morgan fingerprint density at radius 1 is 1.26 bits per heavy atom. The van der Waals surface area contributed by atoms with Gasteiger partial charge >= 0.3 is 11.8 Å². The average molecular weight is 322 g/mol. The third-order valence-electron chi connectivity index (χ3n) is 4.01. The smallest absolute Gasteiger partial charge is 0.430 e. The molecule has 1 fully saturated rings. The first kappa shape index (κ1) is 15.3. The van der Waals surface area contributed by atoms with Crippen LogP contribution in [-0.2, 0) is 30.1 Å². The van der Waals surface area contributed by atoms with Crippen molar-refractivity contribution in [3.63, 3.8) is 0 Å². The van der Waals surface area contributed by atoms with Gasteiger partial charge in [0.25, 0.3) is 5.56 Å². The maximum Gasteiger partial charge on any atom is 0.508 e. The second-order valence-corrected chi connectivity index (χ2v) is 5.62. The van der Waals surface area contributed by atoms with Gasteiger partial charge in [-0.3, -0.25) is 13.9 Å². The minimum Gasteiger partial charge on any atom is -0.430 e. The Hall–Kier alpha value is -2.58. The van der Waals surface area contributed by atoms with Gasteiger partial charge in [-0.15, -0.1) is 0 Å². The number of rotatable bonds is 5. The van der Waals surface area contributed by atoms with E-state index in [4.69, 9.17) is 9.47 Å². The van der Waals surface area contributed by atoms with E-state index < -0.39 is 6.16 Å².